The smallest absolute Gasteiger partial charge is 0.0273 e. The molecule has 0 saturated heterocycles. The van der Waals surface area contributed by atoms with Crippen molar-refractivity contribution in [3.05, 3.63) is 35.7 Å². The fraction of sp³-hybridized carbons (Fsp3) is 0.588. The zero-order chi connectivity index (χ0) is 13.3. The highest BCUT2D eigenvalue weighted by molar-refractivity contribution is 5.53. The molecule has 1 aliphatic rings. The van der Waals surface area contributed by atoms with Gasteiger partial charge in [0.1, 0.15) is 0 Å². The van der Waals surface area contributed by atoms with Crippen LogP contribution in [-0.2, 0) is 0 Å². The first-order chi connectivity index (χ1) is 9.40. The fourth-order valence-electron chi connectivity index (χ4n) is 2.87. The minimum atomic E-state index is 0.784. The Bertz CT molecular complexity index is 378. The van der Waals surface area contributed by atoms with E-state index in [1.165, 1.54) is 44.1 Å². The molecule has 0 amide bonds. The summed E-state index contributed by atoms with van der Waals surface area (Å²) in [6.07, 6.45) is 14.3. The molecule has 1 aromatic rings. The second-order valence-corrected chi connectivity index (χ2v) is 5.51. The number of nitrogens with one attached hydrogen (secondary N) is 1. The summed E-state index contributed by atoms with van der Waals surface area (Å²) in [5.41, 5.74) is 2.87. The molecule has 1 fully saturated rings. The van der Waals surface area contributed by atoms with Crippen molar-refractivity contribution >= 4 is 6.08 Å². The van der Waals surface area contributed by atoms with Crippen LogP contribution in [0.4, 0.5) is 0 Å². The Morgan fingerprint density at radius 1 is 1.26 bits per heavy atom. The Kier molecular flexibility index (Phi) is 6.09. The molecule has 2 rings (SSSR count). The molecule has 1 aromatic heterocycles. The maximum atomic E-state index is 4.10. The lowest BCUT2D eigenvalue weighted by atomic mass is 9.83. The predicted molar refractivity (Wildman–Crippen MR) is 81.9 cm³/mol. The average Bonchev–Trinajstić information content (AvgIpc) is 2.48. The van der Waals surface area contributed by atoms with E-state index >= 15 is 0 Å². The monoisotopic (exact) mass is 258 g/mol. The zero-order valence-electron chi connectivity index (χ0n) is 12.1. The van der Waals surface area contributed by atoms with Gasteiger partial charge in [-0.2, -0.15) is 0 Å². The molecule has 19 heavy (non-hydrogen) atoms. The molecule has 0 aromatic carbocycles. The molecule has 1 aliphatic carbocycles. The number of pyridine rings is 1. The van der Waals surface area contributed by atoms with E-state index in [2.05, 4.69) is 35.4 Å². The zero-order valence-corrected chi connectivity index (χ0v) is 12.1. The maximum Gasteiger partial charge on any atom is 0.0273 e. The Morgan fingerprint density at radius 3 is 2.68 bits per heavy atom. The van der Waals surface area contributed by atoms with Crippen LogP contribution < -0.4 is 5.32 Å². The minimum absolute atomic E-state index is 0.784. The summed E-state index contributed by atoms with van der Waals surface area (Å²) in [4.78, 5) is 4.10. The molecule has 0 radical (unpaired) electrons. The Hall–Kier alpha value is -1.15. The second kappa shape index (κ2) is 8.11. The van der Waals surface area contributed by atoms with Gasteiger partial charge in [-0.15, -0.1) is 0 Å². The fourth-order valence-corrected chi connectivity index (χ4v) is 2.87. The molecule has 1 heterocycles. The van der Waals surface area contributed by atoms with Crippen molar-refractivity contribution in [3.63, 3.8) is 0 Å². The SMILES string of the molecule is CCCNCC(=Cc1ccncc1)C1CCCCC1. The Balaban J connectivity index is 2.06. The minimum Gasteiger partial charge on any atom is -0.313 e. The van der Waals surface area contributed by atoms with Gasteiger partial charge in [-0.1, -0.05) is 37.8 Å². The van der Waals surface area contributed by atoms with Crippen LogP contribution in [0, 0.1) is 5.92 Å². The number of hydrogen-bond donors (Lipinski definition) is 1. The molecule has 0 bridgehead atoms. The first kappa shape index (κ1) is 14.3. The van der Waals surface area contributed by atoms with E-state index in [4.69, 9.17) is 0 Å². The van der Waals surface area contributed by atoms with Crippen LogP contribution in [-0.4, -0.2) is 18.1 Å². The molecule has 2 nitrogen and oxygen atoms in total. The van der Waals surface area contributed by atoms with Crippen LogP contribution in [0.25, 0.3) is 6.08 Å². The summed E-state index contributed by atoms with van der Waals surface area (Å²) in [6, 6.07) is 4.20. The molecule has 1 N–H and O–H groups in total. The van der Waals surface area contributed by atoms with Gasteiger partial charge >= 0.3 is 0 Å². The lowest BCUT2D eigenvalue weighted by Gasteiger charge is -2.25. The van der Waals surface area contributed by atoms with Gasteiger partial charge < -0.3 is 5.32 Å². The molecule has 0 unspecified atom stereocenters. The maximum absolute atomic E-state index is 4.10. The highest BCUT2D eigenvalue weighted by Crippen LogP contribution is 2.30. The first-order valence-corrected chi connectivity index (χ1v) is 7.71. The van der Waals surface area contributed by atoms with Crippen molar-refractivity contribution in [3.8, 4) is 0 Å². The van der Waals surface area contributed by atoms with E-state index in [1.807, 2.05) is 12.4 Å². The van der Waals surface area contributed by atoms with Gasteiger partial charge in [0.2, 0.25) is 0 Å². The quantitative estimate of drug-likeness (QED) is 0.779. The van der Waals surface area contributed by atoms with Crippen LogP contribution in [0.2, 0.25) is 0 Å². The summed E-state index contributed by atoms with van der Waals surface area (Å²) in [7, 11) is 0. The van der Waals surface area contributed by atoms with Crippen molar-refractivity contribution in [2.24, 2.45) is 5.92 Å². The summed E-state index contributed by atoms with van der Waals surface area (Å²) >= 11 is 0. The lowest BCUT2D eigenvalue weighted by molar-refractivity contribution is 0.396. The number of hydrogen-bond acceptors (Lipinski definition) is 2. The summed E-state index contributed by atoms with van der Waals surface area (Å²) in [5, 5.41) is 3.57. The second-order valence-electron chi connectivity index (χ2n) is 5.51. The van der Waals surface area contributed by atoms with Gasteiger partial charge in [0.25, 0.3) is 0 Å². The van der Waals surface area contributed by atoms with E-state index < -0.39 is 0 Å². The van der Waals surface area contributed by atoms with Crippen molar-refractivity contribution in [2.45, 2.75) is 45.4 Å². The predicted octanol–water partition coefficient (Wildman–Crippen LogP) is 4.04. The van der Waals surface area contributed by atoms with E-state index in [-0.39, 0.29) is 0 Å². The van der Waals surface area contributed by atoms with Gasteiger partial charge in [0.15, 0.2) is 0 Å². The van der Waals surface area contributed by atoms with Gasteiger partial charge in [-0.25, -0.2) is 0 Å². The van der Waals surface area contributed by atoms with Crippen LogP contribution in [0.15, 0.2) is 30.1 Å². The summed E-state index contributed by atoms with van der Waals surface area (Å²) in [6.45, 7) is 4.38. The highest BCUT2D eigenvalue weighted by atomic mass is 14.8. The van der Waals surface area contributed by atoms with Gasteiger partial charge in [-0.05, 0) is 49.4 Å². The third-order valence-corrected chi connectivity index (χ3v) is 3.94. The summed E-state index contributed by atoms with van der Waals surface area (Å²) in [5.74, 6) is 0.784. The van der Waals surface area contributed by atoms with Gasteiger partial charge in [0, 0.05) is 18.9 Å². The first-order valence-electron chi connectivity index (χ1n) is 7.71. The van der Waals surface area contributed by atoms with Crippen LogP contribution in [0.5, 0.6) is 0 Å². The number of nitrogens with zero attached hydrogens (tertiary/aromatic N) is 1. The molecule has 0 aliphatic heterocycles. The molecule has 0 spiro atoms. The van der Waals surface area contributed by atoms with E-state index in [0.717, 1.165) is 19.0 Å². The van der Waals surface area contributed by atoms with Gasteiger partial charge in [0.05, 0.1) is 0 Å². The third kappa shape index (κ3) is 4.79. The molecule has 2 heteroatoms. The van der Waals surface area contributed by atoms with Crippen molar-refractivity contribution < 1.29 is 0 Å². The molecular formula is C17H26N2. The Morgan fingerprint density at radius 2 is 2.00 bits per heavy atom. The van der Waals surface area contributed by atoms with E-state index in [1.54, 1.807) is 5.57 Å². The Labute approximate surface area is 117 Å². The molecule has 104 valence electrons. The standard InChI is InChI=1S/C17H26N2/c1-2-10-19-14-17(16-6-4-3-5-7-16)13-15-8-11-18-12-9-15/h8-9,11-13,16,19H,2-7,10,14H2,1H3. The average molecular weight is 258 g/mol. The van der Waals surface area contributed by atoms with E-state index in [0.29, 0.717) is 0 Å². The number of aromatic nitrogens is 1. The van der Waals surface area contributed by atoms with Crippen LogP contribution in [0.1, 0.15) is 51.0 Å². The van der Waals surface area contributed by atoms with Crippen molar-refractivity contribution in [1.29, 1.82) is 0 Å². The topological polar surface area (TPSA) is 24.9 Å². The number of rotatable bonds is 6. The summed E-state index contributed by atoms with van der Waals surface area (Å²) < 4.78 is 0. The molecule has 0 atom stereocenters. The van der Waals surface area contributed by atoms with E-state index in [9.17, 15) is 0 Å². The largest absolute Gasteiger partial charge is 0.313 e. The lowest BCUT2D eigenvalue weighted by Crippen LogP contribution is -2.23. The van der Waals surface area contributed by atoms with Gasteiger partial charge in [-0.3, -0.25) is 4.98 Å². The van der Waals surface area contributed by atoms with Crippen molar-refractivity contribution in [1.82, 2.24) is 10.3 Å². The van der Waals surface area contributed by atoms with Crippen LogP contribution in [0.3, 0.4) is 0 Å². The third-order valence-electron chi connectivity index (χ3n) is 3.94. The van der Waals surface area contributed by atoms with Crippen molar-refractivity contribution in [2.75, 3.05) is 13.1 Å². The highest BCUT2D eigenvalue weighted by Gasteiger charge is 2.17. The van der Waals surface area contributed by atoms with Crippen LogP contribution >= 0.6 is 0 Å². The molecular weight excluding hydrogens is 232 g/mol. The molecule has 1 saturated carbocycles. The normalized spacial score (nSPS) is 17.6.